The third-order valence-electron chi connectivity index (χ3n) is 5.50. The van der Waals surface area contributed by atoms with Gasteiger partial charge in [0, 0.05) is 0 Å². The molecule has 0 radical (unpaired) electrons. The van der Waals surface area contributed by atoms with E-state index in [4.69, 9.17) is 0 Å². The third-order valence-corrected chi connectivity index (χ3v) is 5.50. The van der Waals surface area contributed by atoms with Crippen LogP contribution in [0.25, 0.3) is 43.8 Å². The summed E-state index contributed by atoms with van der Waals surface area (Å²) >= 11 is 0. The van der Waals surface area contributed by atoms with Gasteiger partial charge in [-0.15, -0.1) is 0 Å². The summed E-state index contributed by atoms with van der Waals surface area (Å²) in [5, 5.41) is 24.6. The van der Waals surface area contributed by atoms with Crippen molar-refractivity contribution in [2.45, 2.75) is 0 Å². The van der Waals surface area contributed by atoms with Crippen molar-refractivity contribution in [2.24, 2.45) is 0 Å². The van der Waals surface area contributed by atoms with E-state index in [0.717, 1.165) is 33.0 Å². The summed E-state index contributed by atoms with van der Waals surface area (Å²) < 4.78 is 0. The highest BCUT2D eigenvalue weighted by atomic mass is 16.4. The second-order valence-electron chi connectivity index (χ2n) is 7.23. The predicted molar refractivity (Wildman–Crippen MR) is 122 cm³/mol. The number of hydrogen-bond donors (Lipinski definition) is 2. The van der Waals surface area contributed by atoms with Crippen LogP contribution in [0.2, 0.25) is 0 Å². The lowest BCUT2D eigenvalue weighted by Gasteiger charge is -2.17. The zero-order valence-electron chi connectivity index (χ0n) is 15.8. The molecule has 0 aliphatic carbocycles. The molecule has 138 valence electrons. The maximum absolute atomic E-state index is 10.00. The van der Waals surface area contributed by atoms with Crippen molar-refractivity contribution < 1.29 is 10.0 Å². The van der Waals surface area contributed by atoms with E-state index in [1.54, 1.807) is 6.07 Å². The Hall–Kier alpha value is -3.40. The smallest absolute Gasteiger partial charge is 0.423 e. The number of benzene rings is 5. The van der Waals surface area contributed by atoms with Crippen molar-refractivity contribution in [1.29, 1.82) is 0 Å². The van der Waals surface area contributed by atoms with Crippen molar-refractivity contribution in [3.63, 3.8) is 0 Å². The SMILES string of the molecule is OB(O)c1ccccc1-c1c(-c2ccc3ccccc3c2)ccc2ccccc12. The summed E-state index contributed by atoms with van der Waals surface area (Å²) in [6.07, 6.45) is 0. The van der Waals surface area contributed by atoms with Gasteiger partial charge in [0.15, 0.2) is 0 Å². The molecule has 0 fully saturated rings. The molecule has 0 unspecified atom stereocenters. The van der Waals surface area contributed by atoms with Gasteiger partial charge in [0.25, 0.3) is 0 Å². The van der Waals surface area contributed by atoms with Gasteiger partial charge in [0.1, 0.15) is 0 Å². The molecule has 0 saturated carbocycles. The molecule has 3 heteroatoms. The standard InChI is InChI=1S/C26H19BO2/c28-27(29)25-12-6-5-11-24(25)26-22-10-4-3-8-19(22)15-16-23(26)21-14-13-18-7-1-2-9-20(18)17-21/h1-17,28-29H. The summed E-state index contributed by atoms with van der Waals surface area (Å²) in [5.41, 5.74) is 4.53. The molecule has 5 aromatic rings. The van der Waals surface area contributed by atoms with Gasteiger partial charge in [-0.05, 0) is 55.3 Å². The normalized spacial score (nSPS) is 11.1. The topological polar surface area (TPSA) is 40.5 Å². The van der Waals surface area contributed by atoms with Gasteiger partial charge in [0.2, 0.25) is 0 Å². The molecule has 5 rings (SSSR count). The minimum atomic E-state index is -1.53. The average molecular weight is 374 g/mol. The van der Waals surface area contributed by atoms with Gasteiger partial charge in [-0.2, -0.15) is 0 Å². The summed E-state index contributed by atoms with van der Waals surface area (Å²) in [5.74, 6) is 0. The van der Waals surface area contributed by atoms with E-state index >= 15 is 0 Å². The van der Waals surface area contributed by atoms with E-state index in [2.05, 4.69) is 54.6 Å². The van der Waals surface area contributed by atoms with Crippen LogP contribution in [0.5, 0.6) is 0 Å². The summed E-state index contributed by atoms with van der Waals surface area (Å²) in [6, 6.07) is 34.8. The molecule has 0 saturated heterocycles. The maximum atomic E-state index is 10.00. The van der Waals surface area contributed by atoms with E-state index < -0.39 is 7.12 Å². The van der Waals surface area contributed by atoms with Gasteiger partial charge in [-0.1, -0.05) is 97.1 Å². The van der Waals surface area contributed by atoms with Crippen molar-refractivity contribution >= 4 is 34.1 Å². The van der Waals surface area contributed by atoms with E-state index in [1.165, 1.54) is 10.8 Å². The zero-order valence-corrected chi connectivity index (χ0v) is 15.8. The second kappa shape index (κ2) is 7.21. The lowest BCUT2D eigenvalue weighted by atomic mass is 9.73. The lowest BCUT2D eigenvalue weighted by Crippen LogP contribution is -2.31. The summed E-state index contributed by atoms with van der Waals surface area (Å²) in [6.45, 7) is 0. The average Bonchev–Trinajstić information content (AvgIpc) is 2.78. The minimum absolute atomic E-state index is 0.505. The molecule has 0 aliphatic heterocycles. The fourth-order valence-electron chi connectivity index (χ4n) is 4.11. The van der Waals surface area contributed by atoms with Crippen molar-refractivity contribution in [2.75, 3.05) is 0 Å². The summed E-state index contributed by atoms with van der Waals surface area (Å²) in [4.78, 5) is 0. The Balaban J connectivity index is 1.86. The Bertz CT molecular complexity index is 1340. The van der Waals surface area contributed by atoms with Crippen molar-refractivity contribution in [3.05, 3.63) is 103 Å². The lowest BCUT2D eigenvalue weighted by molar-refractivity contribution is 0.426. The van der Waals surface area contributed by atoms with Crippen LogP contribution in [-0.4, -0.2) is 17.2 Å². The molecule has 0 heterocycles. The van der Waals surface area contributed by atoms with Gasteiger partial charge in [0.05, 0.1) is 0 Å². The highest BCUT2D eigenvalue weighted by Gasteiger charge is 2.20. The minimum Gasteiger partial charge on any atom is -0.423 e. The Labute approximate surface area is 169 Å². The first-order valence-corrected chi connectivity index (χ1v) is 9.69. The third kappa shape index (κ3) is 3.11. The quantitative estimate of drug-likeness (QED) is 0.436. The zero-order chi connectivity index (χ0) is 19.8. The Morgan fingerprint density at radius 1 is 0.517 bits per heavy atom. The highest BCUT2D eigenvalue weighted by molar-refractivity contribution is 6.60. The number of hydrogen-bond acceptors (Lipinski definition) is 2. The Kier molecular flexibility index (Phi) is 4.40. The van der Waals surface area contributed by atoms with Gasteiger partial charge in [-0.25, -0.2) is 0 Å². The van der Waals surface area contributed by atoms with E-state index in [9.17, 15) is 10.0 Å². The molecule has 0 atom stereocenters. The molecule has 0 spiro atoms. The van der Waals surface area contributed by atoms with E-state index in [0.29, 0.717) is 5.46 Å². The fourth-order valence-corrected chi connectivity index (χ4v) is 4.11. The van der Waals surface area contributed by atoms with Crippen LogP contribution in [0.4, 0.5) is 0 Å². The first kappa shape index (κ1) is 17.7. The molecular formula is C26H19BO2. The van der Waals surface area contributed by atoms with E-state index in [1.807, 2.05) is 42.5 Å². The highest BCUT2D eigenvalue weighted by Crippen LogP contribution is 2.38. The second-order valence-corrected chi connectivity index (χ2v) is 7.23. The molecular weight excluding hydrogens is 355 g/mol. The number of rotatable bonds is 3. The van der Waals surface area contributed by atoms with Crippen LogP contribution in [0.1, 0.15) is 0 Å². The van der Waals surface area contributed by atoms with Gasteiger partial charge in [-0.3, -0.25) is 0 Å². The molecule has 0 aliphatic rings. The van der Waals surface area contributed by atoms with Crippen LogP contribution < -0.4 is 5.46 Å². The van der Waals surface area contributed by atoms with E-state index in [-0.39, 0.29) is 0 Å². The maximum Gasteiger partial charge on any atom is 0.489 e. The molecule has 0 aromatic heterocycles. The van der Waals surface area contributed by atoms with Crippen LogP contribution in [0, 0.1) is 0 Å². The van der Waals surface area contributed by atoms with Gasteiger partial charge >= 0.3 is 7.12 Å². The molecule has 0 bridgehead atoms. The Morgan fingerprint density at radius 3 is 2.00 bits per heavy atom. The first-order chi connectivity index (χ1) is 14.2. The fraction of sp³-hybridized carbons (Fsp3) is 0. The largest absolute Gasteiger partial charge is 0.489 e. The molecule has 2 N–H and O–H groups in total. The molecule has 5 aromatic carbocycles. The number of fused-ring (bicyclic) bond motifs is 2. The van der Waals surface area contributed by atoms with Crippen molar-refractivity contribution in [3.8, 4) is 22.3 Å². The molecule has 2 nitrogen and oxygen atoms in total. The van der Waals surface area contributed by atoms with Crippen LogP contribution in [0.3, 0.4) is 0 Å². The van der Waals surface area contributed by atoms with Crippen LogP contribution in [0.15, 0.2) is 103 Å². The van der Waals surface area contributed by atoms with Crippen LogP contribution in [-0.2, 0) is 0 Å². The monoisotopic (exact) mass is 374 g/mol. The van der Waals surface area contributed by atoms with Crippen molar-refractivity contribution in [1.82, 2.24) is 0 Å². The predicted octanol–water partition coefficient (Wildman–Crippen LogP) is 5.01. The molecule has 0 amide bonds. The molecule has 29 heavy (non-hydrogen) atoms. The van der Waals surface area contributed by atoms with Crippen LogP contribution >= 0.6 is 0 Å². The first-order valence-electron chi connectivity index (χ1n) is 9.69. The van der Waals surface area contributed by atoms with Gasteiger partial charge < -0.3 is 10.0 Å². The Morgan fingerprint density at radius 2 is 1.17 bits per heavy atom. The summed E-state index contributed by atoms with van der Waals surface area (Å²) in [7, 11) is -1.53.